The van der Waals surface area contributed by atoms with Gasteiger partial charge < -0.3 is 5.32 Å². The van der Waals surface area contributed by atoms with Gasteiger partial charge in [0.2, 0.25) is 15.9 Å². The highest BCUT2D eigenvalue weighted by Gasteiger charge is 2.17. The highest BCUT2D eigenvalue weighted by atomic mass is 35.5. The van der Waals surface area contributed by atoms with Gasteiger partial charge in [-0.15, -0.1) is 0 Å². The van der Waals surface area contributed by atoms with Gasteiger partial charge in [0.25, 0.3) is 0 Å². The van der Waals surface area contributed by atoms with Crippen molar-refractivity contribution in [3.05, 3.63) is 58.9 Å². The first-order valence-corrected chi connectivity index (χ1v) is 8.46. The fourth-order valence-electron chi connectivity index (χ4n) is 1.79. The van der Waals surface area contributed by atoms with Crippen LogP contribution < -0.4 is 10.0 Å². The molecule has 0 saturated carbocycles. The number of nitrogens with one attached hydrogen (secondary N) is 2. The van der Waals surface area contributed by atoms with E-state index in [0.29, 0.717) is 10.7 Å². The average molecular weight is 357 g/mol. The molecule has 0 fully saturated rings. The predicted molar refractivity (Wildman–Crippen MR) is 86.4 cm³/mol. The van der Waals surface area contributed by atoms with Gasteiger partial charge in [-0.3, -0.25) is 4.79 Å². The van der Waals surface area contributed by atoms with E-state index in [2.05, 4.69) is 10.0 Å². The van der Waals surface area contributed by atoms with Crippen LogP contribution in [0.25, 0.3) is 0 Å². The fraction of sp³-hybridized carbons (Fsp3) is 0.133. The Morgan fingerprint density at radius 3 is 2.57 bits per heavy atom. The van der Waals surface area contributed by atoms with E-state index in [1.54, 1.807) is 24.3 Å². The minimum atomic E-state index is -3.91. The number of halogens is 2. The summed E-state index contributed by atoms with van der Waals surface area (Å²) in [6, 6.07) is 9.99. The Morgan fingerprint density at radius 1 is 1.22 bits per heavy atom. The molecule has 0 saturated heterocycles. The zero-order valence-corrected chi connectivity index (χ0v) is 13.7. The largest absolute Gasteiger partial charge is 0.324 e. The van der Waals surface area contributed by atoms with Crippen LogP contribution in [0.3, 0.4) is 0 Å². The van der Waals surface area contributed by atoms with E-state index in [0.717, 1.165) is 12.1 Å². The summed E-state index contributed by atoms with van der Waals surface area (Å²) in [7, 11) is -3.91. The second-order valence-corrected chi connectivity index (χ2v) is 6.94. The Balaban J connectivity index is 2.03. The van der Waals surface area contributed by atoms with Crippen molar-refractivity contribution in [3.8, 4) is 0 Å². The summed E-state index contributed by atoms with van der Waals surface area (Å²) in [6.07, 6.45) is 0. The lowest BCUT2D eigenvalue weighted by atomic mass is 10.2. The molecule has 0 bridgehead atoms. The molecule has 2 N–H and O–H groups in total. The molecular weight excluding hydrogens is 343 g/mol. The van der Waals surface area contributed by atoms with E-state index >= 15 is 0 Å². The molecule has 5 nitrogen and oxygen atoms in total. The molecule has 0 heterocycles. The van der Waals surface area contributed by atoms with Gasteiger partial charge in [0.15, 0.2) is 0 Å². The van der Waals surface area contributed by atoms with Gasteiger partial charge in [-0.2, -0.15) is 0 Å². The molecule has 2 aromatic rings. The molecule has 1 amide bonds. The van der Waals surface area contributed by atoms with E-state index in [1.807, 2.05) is 0 Å². The molecule has 0 aliphatic carbocycles. The van der Waals surface area contributed by atoms with Crippen LogP contribution in [0.5, 0.6) is 0 Å². The van der Waals surface area contributed by atoms with Crippen molar-refractivity contribution in [1.82, 2.24) is 4.72 Å². The summed E-state index contributed by atoms with van der Waals surface area (Å²) in [4.78, 5) is 11.7. The van der Waals surface area contributed by atoms with E-state index in [-0.39, 0.29) is 10.5 Å². The van der Waals surface area contributed by atoms with Crippen molar-refractivity contribution in [3.63, 3.8) is 0 Å². The van der Waals surface area contributed by atoms with E-state index < -0.39 is 28.3 Å². The third-order valence-corrected chi connectivity index (χ3v) is 4.74. The number of hydrogen-bond donors (Lipinski definition) is 2. The summed E-state index contributed by atoms with van der Waals surface area (Å²) in [6.45, 7) is 0.989. The van der Waals surface area contributed by atoms with Crippen LogP contribution in [0, 0.1) is 12.7 Å². The third kappa shape index (κ3) is 4.51. The zero-order chi connectivity index (χ0) is 17.0. The highest BCUT2D eigenvalue weighted by molar-refractivity contribution is 7.89. The maximum atomic E-state index is 13.2. The number of amides is 1. The van der Waals surface area contributed by atoms with Gasteiger partial charge in [-0.05, 0) is 42.8 Å². The molecular formula is C15H14ClFN2O3S. The third-order valence-electron chi connectivity index (χ3n) is 3.01. The SMILES string of the molecule is Cc1cc(S(=O)(=O)NCC(=O)Nc2ccccc2Cl)ccc1F. The lowest BCUT2D eigenvalue weighted by Crippen LogP contribution is -2.33. The van der Waals surface area contributed by atoms with Crippen LogP contribution in [-0.4, -0.2) is 20.9 Å². The van der Waals surface area contributed by atoms with E-state index in [4.69, 9.17) is 11.6 Å². The highest BCUT2D eigenvalue weighted by Crippen LogP contribution is 2.20. The molecule has 0 radical (unpaired) electrons. The van der Waals surface area contributed by atoms with Crippen molar-refractivity contribution in [1.29, 1.82) is 0 Å². The normalized spacial score (nSPS) is 11.3. The van der Waals surface area contributed by atoms with Crippen LogP contribution in [0.4, 0.5) is 10.1 Å². The first-order valence-electron chi connectivity index (χ1n) is 6.60. The number of rotatable bonds is 5. The number of sulfonamides is 1. The first kappa shape index (κ1) is 17.4. The summed E-state index contributed by atoms with van der Waals surface area (Å²) in [5.41, 5.74) is 0.587. The van der Waals surface area contributed by atoms with Crippen molar-refractivity contribution < 1.29 is 17.6 Å². The van der Waals surface area contributed by atoms with Crippen LogP contribution >= 0.6 is 11.6 Å². The Kier molecular flexibility index (Phi) is 5.35. The molecule has 0 unspecified atom stereocenters. The summed E-state index contributed by atoms with van der Waals surface area (Å²) in [5, 5.41) is 2.84. The molecule has 0 aromatic heterocycles. The van der Waals surface area contributed by atoms with E-state index in [1.165, 1.54) is 13.0 Å². The minimum absolute atomic E-state index is 0.109. The number of benzene rings is 2. The van der Waals surface area contributed by atoms with Crippen molar-refractivity contribution in [2.75, 3.05) is 11.9 Å². The Bertz CT molecular complexity index is 840. The van der Waals surface area contributed by atoms with Crippen LogP contribution in [0.2, 0.25) is 5.02 Å². The Morgan fingerprint density at radius 2 is 1.91 bits per heavy atom. The molecule has 2 aromatic carbocycles. The molecule has 0 aliphatic heterocycles. The second-order valence-electron chi connectivity index (χ2n) is 4.76. The molecule has 122 valence electrons. The van der Waals surface area contributed by atoms with Crippen LogP contribution in [0.15, 0.2) is 47.4 Å². The maximum absolute atomic E-state index is 13.2. The fourth-order valence-corrected chi connectivity index (χ4v) is 3.04. The van der Waals surface area contributed by atoms with Gasteiger partial charge in [0.1, 0.15) is 5.82 Å². The molecule has 23 heavy (non-hydrogen) atoms. The molecule has 0 aliphatic rings. The van der Waals surface area contributed by atoms with Gasteiger partial charge in [-0.25, -0.2) is 17.5 Å². The number of para-hydroxylation sites is 1. The zero-order valence-electron chi connectivity index (χ0n) is 12.1. The van der Waals surface area contributed by atoms with Crippen molar-refractivity contribution >= 4 is 33.2 Å². The lowest BCUT2D eigenvalue weighted by Gasteiger charge is -2.09. The molecule has 0 atom stereocenters. The number of anilines is 1. The number of carbonyl (C=O) groups is 1. The predicted octanol–water partition coefficient (Wildman–Crippen LogP) is 2.70. The minimum Gasteiger partial charge on any atom is -0.324 e. The summed E-state index contributed by atoms with van der Waals surface area (Å²) in [5.74, 6) is -1.07. The van der Waals surface area contributed by atoms with Gasteiger partial charge in [0.05, 0.1) is 22.2 Å². The maximum Gasteiger partial charge on any atom is 0.241 e. The first-order chi connectivity index (χ1) is 10.8. The van der Waals surface area contributed by atoms with Gasteiger partial charge in [0, 0.05) is 0 Å². The lowest BCUT2D eigenvalue weighted by molar-refractivity contribution is -0.115. The standard InChI is InChI=1S/C15H14ClFN2O3S/c1-10-8-11(6-7-13(10)17)23(21,22)18-9-15(20)19-14-5-3-2-4-12(14)16/h2-8,18H,9H2,1H3,(H,19,20). The molecule has 2 rings (SSSR count). The van der Waals surface area contributed by atoms with Crippen molar-refractivity contribution in [2.45, 2.75) is 11.8 Å². The monoisotopic (exact) mass is 356 g/mol. The Labute approximate surface area is 138 Å². The van der Waals surface area contributed by atoms with Gasteiger partial charge in [-0.1, -0.05) is 23.7 Å². The number of carbonyl (C=O) groups excluding carboxylic acids is 1. The van der Waals surface area contributed by atoms with Gasteiger partial charge >= 0.3 is 0 Å². The summed E-state index contributed by atoms with van der Waals surface area (Å²) < 4.78 is 39.5. The van der Waals surface area contributed by atoms with E-state index in [9.17, 15) is 17.6 Å². The molecule has 8 heteroatoms. The van der Waals surface area contributed by atoms with Crippen LogP contribution in [0.1, 0.15) is 5.56 Å². The smallest absolute Gasteiger partial charge is 0.241 e. The summed E-state index contributed by atoms with van der Waals surface area (Å²) >= 11 is 5.90. The number of hydrogen-bond acceptors (Lipinski definition) is 3. The Hall–Kier alpha value is -1.96. The van der Waals surface area contributed by atoms with Crippen molar-refractivity contribution in [2.24, 2.45) is 0 Å². The number of aryl methyl sites for hydroxylation is 1. The second kappa shape index (κ2) is 7.08. The quantitative estimate of drug-likeness (QED) is 0.864. The average Bonchev–Trinajstić information content (AvgIpc) is 2.50. The van der Waals surface area contributed by atoms with Crippen LogP contribution in [-0.2, 0) is 14.8 Å². The topological polar surface area (TPSA) is 75.3 Å². The molecule has 0 spiro atoms.